The van der Waals surface area contributed by atoms with Crippen LogP contribution in [0.3, 0.4) is 0 Å². The molecule has 0 aliphatic carbocycles. The third kappa shape index (κ3) is 5.02. The van der Waals surface area contributed by atoms with Crippen LogP contribution in [0, 0.1) is 0 Å². The van der Waals surface area contributed by atoms with Gasteiger partial charge in [0.2, 0.25) is 15.3 Å². The number of pyridine rings is 1. The first-order valence-corrected chi connectivity index (χ1v) is 12.8. The van der Waals surface area contributed by atoms with Crippen LogP contribution in [0.5, 0.6) is 17.2 Å². The minimum atomic E-state index is -4.09. The molecule has 0 unspecified atom stereocenters. The fourth-order valence-electron chi connectivity index (χ4n) is 3.86. The molecule has 0 aliphatic rings. The molecule has 0 atom stereocenters. The molecule has 0 N–H and O–H groups in total. The molecule has 0 spiro atoms. The van der Waals surface area contributed by atoms with Gasteiger partial charge < -0.3 is 18.8 Å². The molecule has 8 heteroatoms. The van der Waals surface area contributed by atoms with Gasteiger partial charge in [-0.25, -0.2) is 8.42 Å². The Morgan fingerprint density at radius 1 is 0.800 bits per heavy atom. The van der Waals surface area contributed by atoms with Gasteiger partial charge in [-0.3, -0.25) is 4.79 Å². The zero-order valence-electron chi connectivity index (χ0n) is 19.9. The van der Waals surface area contributed by atoms with Gasteiger partial charge in [0.15, 0.2) is 0 Å². The van der Waals surface area contributed by atoms with Gasteiger partial charge in [0.1, 0.15) is 22.1 Å². The lowest BCUT2D eigenvalue weighted by Crippen LogP contribution is -2.20. The van der Waals surface area contributed by atoms with E-state index in [2.05, 4.69) is 0 Å². The number of fused-ring (bicyclic) bond motifs is 1. The molecule has 1 heterocycles. The summed E-state index contributed by atoms with van der Waals surface area (Å²) in [5.41, 5.74) is 0.968. The van der Waals surface area contributed by atoms with Crippen molar-refractivity contribution in [2.24, 2.45) is 0 Å². The Balaban J connectivity index is 1.88. The highest BCUT2D eigenvalue weighted by atomic mass is 32.2. The van der Waals surface area contributed by atoms with Gasteiger partial charge in [-0.05, 0) is 74.0 Å². The van der Waals surface area contributed by atoms with Crippen LogP contribution >= 0.6 is 0 Å². The monoisotopic (exact) mass is 493 g/mol. The minimum absolute atomic E-state index is 0.0226. The molecular formula is C27H27NO6S. The summed E-state index contributed by atoms with van der Waals surface area (Å²) in [7, 11) is -2.50. The number of aromatic nitrogens is 1. The zero-order valence-corrected chi connectivity index (χ0v) is 20.7. The second kappa shape index (κ2) is 10.2. The number of hydrogen-bond donors (Lipinski definition) is 0. The quantitative estimate of drug-likeness (QED) is 0.336. The lowest BCUT2D eigenvalue weighted by molar-refractivity contribution is 0.340. The Morgan fingerprint density at radius 3 is 2.03 bits per heavy atom. The van der Waals surface area contributed by atoms with E-state index in [0.29, 0.717) is 36.8 Å². The van der Waals surface area contributed by atoms with E-state index in [9.17, 15) is 13.2 Å². The number of hydrogen-bond acceptors (Lipinski definition) is 6. The third-order valence-corrected chi connectivity index (χ3v) is 7.34. The Morgan fingerprint density at radius 2 is 1.40 bits per heavy atom. The van der Waals surface area contributed by atoms with E-state index >= 15 is 0 Å². The molecule has 0 amide bonds. The lowest BCUT2D eigenvalue weighted by atomic mass is 10.1. The number of methoxy groups -OCH3 is 1. The minimum Gasteiger partial charge on any atom is -0.497 e. The summed E-state index contributed by atoms with van der Waals surface area (Å²) in [5, 5.41) is 0.275. The number of sulfone groups is 1. The summed E-state index contributed by atoms with van der Waals surface area (Å²) >= 11 is 0. The van der Waals surface area contributed by atoms with Gasteiger partial charge in [0.25, 0.3) is 0 Å². The molecule has 0 aliphatic heterocycles. The molecule has 3 aromatic carbocycles. The average molecular weight is 494 g/mol. The number of nitrogens with zero attached hydrogens (tertiary/aromatic N) is 1. The number of ether oxygens (including phenoxy) is 3. The van der Waals surface area contributed by atoms with E-state index in [1.54, 1.807) is 42.0 Å². The molecule has 7 nitrogen and oxygen atoms in total. The fourth-order valence-corrected chi connectivity index (χ4v) is 5.23. The van der Waals surface area contributed by atoms with E-state index in [4.69, 9.17) is 14.2 Å². The van der Waals surface area contributed by atoms with Crippen molar-refractivity contribution in [3.05, 3.63) is 88.7 Å². The maximum absolute atomic E-state index is 13.6. The van der Waals surface area contributed by atoms with Gasteiger partial charge in [-0.1, -0.05) is 12.1 Å². The molecule has 0 fully saturated rings. The van der Waals surface area contributed by atoms with Gasteiger partial charge >= 0.3 is 0 Å². The smallest absolute Gasteiger partial charge is 0.211 e. The largest absolute Gasteiger partial charge is 0.497 e. The Labute approximate surface area is 204 Å². The van der Waals surface area contributed by atoms with Crippen LogP contribution in [0.1, 0.15) is 19.4 Å². The van der Waals surface area contributed by atoms with Gasteiger partial charge in [0, 0.05) is 12.7 Å². The molecule has 4 aromatic rings. The fraction of sp³-hybridized carbons (Fsp3) is 0.222. The zero-order chi connectivity index (χ0) is 25.0. The van der Waals surface area contributed by atoms with Gasteiger partial charge in [-0.2, -0.15) is 0 Å². The normalized spacial score (nSPS) is 11.4. The van der Waals surface area contributed by atoms with Crippen LogP contribution in [0.4, 0.5) is 0 Å². The van der Waals surface area contributed by atoms with Crippen molar-refractivity contribution in [1.82, 2.24) is 4.57 Å². The highest BCUT2D eigenvalue weighted by molar-refractivity contribution is 7.91. The first kappa shape index (κ1) is 24.3. The third-order valence-electron chi connectivity index (χ3n) is 5.58. The lowest BCUT2D eigenvalue weighted by Gasteiger charge is -2.15. The second-order valence-electron chi connectivity index (χ2n) is 7.82. The van der Waals surface area contributed by atoms with E-state index in [1.165, 1.54) is 18.3 Å². The van der Waals surface area contributed by atoms with Crippen LogP contribution in [-0.4, -0.2) is 33.3 Å². The molecule has 0 radical (unpaired) electrons. The SMILES string of the molecule is CCOc1ccc(S(=O)(=O)c2cn(Cc3ccc(OC)cc3)c3ccc(OCC)cc3c2=O)cc1. The highest BCUT2D eigenvalue weighted by Gasteiger charge is 2.24. The predicted molar refractivity (Wildman–Crippen MR) is 135 cm³/mol. The maximum atomic E-state index is 13.6. The molecule has 4 rings (SSSR count). The van der Waals surface area contributed by atoms with Crippen molar-refractivity contribution < 1.29 is 22.6 Å². The summed E-state index contributed by atoms with van der Waals surface area (Å²) in [6.07, 6.45) is 1.42. The molecule has 35 heavy (non-hydrogen) atoms. The molecule has 0 saturated carbocycles. The van der Waals surface area contributed by atoms with Crippen LogP contribution in [0.25, 0.3) is 10.9 Å². The van der Waals surface area contributed by atoms with Crippen molar-refractivity contribution in [2.45, 2.75) is 30.2 Å². The molecule has 0 bridgehead atoms. The highest BCUT2D eigenvalue weighted by Crippen LogP contribution is 2.26. The summed E-state index contributed by atoms with van der Waals surface area (Å²) in [4.78, 5) is 13.2. The van der Waals surface area contributed by atoms with Crippen molar-refractivity contribution in [1.29, 1.82) is 0 Å². The first-order chi connectivity index (χ1) is 16.9. The summed E-state index contributed by atoms with van der Waals surface area (Å²) in [6.45, 7) is 4.95. The maximum Gasteiger partial charge on any atom is 0.211 e. The van der Waals surface area contributed by atoms with E-state index in [-0.39, 0.29) is 15.2 Å². The Hall–Kier alpha value is -3.78. The van der Waals surface area contributed by atoms with Crippen LogP contribution in [0.2, 0.25) is 0 Å². The molecule has 0 saturated heterocycles. The summed E-state index contributed by atoms with van der Waals surface area (Å²) in [5.74, 6) is 1.78. The van der Waals surface area contributed by atoms with Gasteiger partial charge in [-0.15, -0.1) is 0 Å². The number of rotatable bonds is 9. The topological polar surface area (TPSA) is 83.8 Å². The van der Waals surface area contributed by atoms with Crippen molar-refractivity contribution in [3.8, 4) is 17.2 Å². The van der Waals surface area contributed by atoms with E-state index in [0.717, 1.165) is 11.3 Å². The molecule has 1 aromatic heterocycles. The van der Waals surface area contributed by atoms with E-state index in [1.807, 2.05) is 38.1 Å². The van der Waals surface area contributed by atoms with Crippen LogP contribution in [-0.2, 0) is 16.4 Å². The second-order valence-corrected chi connectivity index (χ2v) is 9.74. The van der Waals surface area contributed by atoms with Crippen LogP contribution in [0.15, 0.2) is 87.5 Å². The summed E-state index contributed by atoms with van der Waals surface area (Å²) < 4.78 is 45.1. The Bertz CT molecular complexity index is 1490. The molecule has 182 valence electrons. The van der Waals surface area contributed by atoms with Crippen molar-refractivity contribution in [2.75, 3.05) is 20.3 Å². The van der Waals surface area contributed by atoms with Crippen molar-refractivity contribution in [3.63, 3.8) is 0 Å². The molecular weight excluding hydrogens is 466 g/mol. The average Bonchev–Trinajstić information content (AvgIpc) is 2.87. The standard InChI is InChI=1S/C27H27NO6S/c1-4-33-21-10-13-23(14-11-21)35(30,31)26-18-28(17-19-6-8-20(32-3)9-7-19)25-15-12-22(34-5-2)16-24(25)27(26)29/h6-16,18H,4-5,17H2,1-3H3. The van der Waals surface area contributed by atoms with Crippen molar-refractivity contribution >= 4 is 20.7 Å². The van der Waals surface area contributed by atoms with E-state index < -0.39 is 15.3 Å². The predicted octanol–water partition coefficient (Wildman–Crippen LogP) is 4.69. The number of benzene rings is 3. The first-order valence-electron chi connectivity index (χ1n) is 11.3. The Kier molecular flexibility index (Phi) is 7.12. The van der Waals surface area contributed by atoms with Gasteiger partial charge in [0.05, 0.1) is 36.1 Å². The van der Waals surface area contributed by atoms with Crippen LogP contribution < -0.4 is 19.6 Å². The summed E-state index contributed by atoms with van der Waals surface area (Å²) in [6, 6.07) is 18.7.